The average Bonchev–Trinajstić information content (AvgIpc) is 1.58. The third kappa shape index (κ3) is 9.69. The molecule has 0 aliphatic heterocycles. The van der Waals surface area contributed by atoms with Crippen molar-refractivity contribution in [2.75, 3.05) is 0 Å². The molecule has 0 spiro atoms. The van der Waals surface area contributed by atoms with Crippen LogP contribution in [0.3, 0.4) is 0 Å². The van der Waals surface area contributed by atoms with Crippen molar-refractivity contribution in [2.45, 2.75) is 0 Å². The van der Waals surface area contributed by atoms with Gasteiger partial charge in [0.15, 0.2) is 0 Å². The van der Waals surface area contributed by atoms with Crippen molar-refractivity contribution in [1.82, 2.24) is 18.3 Å². The van der Waals surface area contributed by atoms with E-state index in [1.807, 2.05) is 24.3 Å². The Balaban J connectivity index is 0.000000132. The number of para-hydroxylation sites is 9. The molecule has 6 aromatic heterocycles. The van der Waals surface area contributed by atoms with Crippen molar-refractivity contribution in [3.63, 3.8) is 0 Å². The van der Waals surface area contributed by atoms with E-state index in [1.165, 1.54) is 148 Å². The van der Waals surface area contributed by atoms with Crippen LogP contribution in [0, 0.1) is 0 Å². The van der Waals surface area contributed by atoms with Crippen LogP contribution in [0.2, 0.25) is 0 Å². The molecule has 24 aromatic rings. The molecule has 18 aromatic carbocycles. The van der Waals surface area contributed by atoms with Crippen LogP contribution in [0.4, 0.5) is 0 Å². The molecule has 0 saturated heterocycles. The first kappa shape index (κ1) is 61.6. The van der Waals surface area contributed by atoms with Gasteiger partial charge in [0.2, 0.25) is 0 Å². The fourth-order valence-corrected chi connectivity index (χ4v) is 17.9. The third-order valence-corrected chi connectivity index (χ3v) is 23.0. The Morgan fingerprint density at radius 3 is 0.945 bits per heavy atom. The minimum atomic E-state index is 0.913. The molecule has 0 aliphatic rings. The Bertz CT molecular complexity index is 7910. The molecule has 110 heavy (non-hydrogen) atoms. The maximum Gasteiger partial charge on any atom is 0.143 e. The monoisotopic (exact) mass is 1400 g/mol. The highest BCUT2D eigenvalue weighted by molar-refractivity contribution is 6.17. The van der Waals surface area contributed by atoms with Gasteiger partial charge in [0, 0.05) is 92.9 Å². The number of rotatable bonds is 8. The Hall–Kier alpha value is -14.7. The van der Waals surface area contributed by atoms with Crippen molar-refractivity contribution >= 4 is 153 Å². The quantitative estimate of drug-likeness (QED) is 0.152. The van der Waals surface area contributed by atoms with E-state index in [9.17, 15) is 0 Å². The van der Waals surface area contributed by atoms with Crippen LogP contribution in [-0.2, 0) is 0 Å². The van der Waals surface area contributed by atoms with Crippen molar-refractivity contribution in [1.29, 1.82) is 0 Å². The first-order valence-corrected chi connectivity index (χ1v) is 37.7. The highest BCUT2D eigenvalue weighted by Crippen LogP contribution is 2.44. The summed E-state index contributed by atoms with van der Waals surface area (Å²) in [6.45, 7) is 0. The van der Waals surface area contributed by atoms with Gasteiger partial charge >= 0.3 is 0 Å². The summed E-state index contributed by atoms with van der Waals surface area (Å²) in [7, 11) is 0. The summed E-state index contributed by atoms with van der Waals surface area (Å²) in [5.74, 6) is 0. The van der Waals surface area contributed by atoms with Gasteiger partial charge in [0.25, 0.3) is 0 Å². The molecule has 0 aliphatic carbocycles. The molecule has 24 rings (SSSR count). The Kier molecular flexibility index (Phi) is 13.7. The Labute approximate surface area is 631 Å². The van der Waals surface area contributed by atoms with E-state index < -0.39 is 0 Å². The Morgan fingerprint density at radius 2 is 0.473 bits per heavy atom. The van der Waals surface area contributed by atoms with E-state index in [4.69, 9.17) is 8.83 Å². The molecule has 6 nitrogen and oxygen atoms in total. The van der Waals surface area contributed by atoms with Gasteiger partial charge in [-0.1, -0.05) is 231 Å². The molecular weight excluding hydrogens is 1340 g/mol. The average molecular weight is 1400 g/mol. The van der Waals surface area contributed by atoms with Gasteiger partial charge in [-0.25, -0.2) is 0 Å². The van der Waals surface area contributed by atoms with Crippen LogP contribution >= 0.6 is 0 Å². The third-order valence-electron chi connectivity index (χ3n) is 23.0. The molecule has 6 heterocycles. The van der Waals surface area contributed by atoms with Crippen LogP contribution in [0.25, 0.3) is 220 Å². The highest BCUT2D eigenvalue weighted by atomic mass is 16.3. The number of furan rings is 2. The molecule has 0 atom stereocenters. The molecule has 0 radical (unpaired) electrons. The van der Waals surface area contributed by atoms with Crippen LogP contribution < -0.4 is 0 Å². The lowest BCUT2D eigenvalue weighted by Crippen LogP contribution is -1.94. The molecule has 0 bridgehead atoms. The van der Waals surface area contributed by atoms with Gasteiger partial charge in [-0.2, -0.15) is 0 Å². The first-order valence-electron chi connectivity index (χ1n) is 37.7. The van der Waals surface area contributed by atoms with Gasteiger partial charge < -0.3 is 27.1 Å². The van der Waals surface area contributed by atoms with Gasteiger partial charge in [0.1, 0.15) is 22.3 Å². The molecule has 6 heteroatoms. The summed E-state index contributed by atoms with van der Waals surface area (Å²) in [6.07, 6.45) is 0. The predicted molar refractivity (Wildman–Crippen MR) is 462 cm³/mol. The summed E-state index contributed by atoms with van der Waals surface area (Å²) in [5, 5.41) is 19.4. The molecule has 0 amide bonds. The lowest BCUT2D eigenvalue weighted by Gasteiger charge is -2.11. The number of benzene rings is 18. The van der Waals surface area contributed by atoms with Crippen molar-refractivity contribution in [3.8, 4) is 67.3 Å². The molecular formula is C104H64N4O2. The lowest BCUT2D eigenvalue weighted by atomic mass is 9.99. The maximum absolute atomic E-state index is 6.42. The van der Waals surface area contributed by atoms with Crippen LogP contribution in [0.1, 0.15) is 0 Å². The first-order chi connectivity index (χ1) is 54.5. The summed E-state index contributed by atoms with van der Waals surface area (Å²) in [5.41, 5.74) is 27.3. The van der Waals surface area contributed by atoms with E-state index in [2.05, 4.69) is 382 Å². The minimum absolute atomic E-state index is 0.913. The summed E-state index contributed by atoms with van der Waals surface area (Å²) in [6, 6.07) is 141. The van der Waals surface area contributed by atoms with Gasteiger partial charge in [-0.3, -0.25) is 0 Å². The van der Waals surface area contributed by atoms with Crippen molar-refractivity contribution in [3.05, 3.63) is 388 Å². The second-order valence-electron chi connectivity index (χ2n) is 29.1. The maximum atomic E-state index is 6.42. The number of fused-ring (bicyclic) bond motifs is 20. The fourth-order valence-electron chi connectivity index (χ4n) is 17.9. The molecule has 0 fully saturated rings. The van der Waals surface area contributed by atoms with Gasteiger partial charge in [-0.05, 0) is 218 Å². The minimum Gasteiger partial charge on any atom is -0.456 e. The van der Waals surface area contributed by atoms with E-state index in [0.29, 0.717) is 0 Å². The molecule has 0 unspecified atom stereocenters. The van der Waals surface area contributed by atoms with E-state index in [-0.39, 0.29) is 0 Å². The van der Waals surface area contributed by atoms with Crippen LogP contribution in [0.15, 0.2) is 397 Å². The SMILES string of the molecule is c1ccc(-n2c3ccccc3c3cc(-c4ccc5c(c4)c4ccccc4n5-c4ccc5ccc(-c6ccc7c(c6)oc6ccccc67)cc5c4)ccc32)cc1.c1ccc(-n2c3ccccc3c3cc(-c4ccc5c(c4)c4ccccc4n5-c4ccc5ccc(-c6cccc7c6oc6ccccc67)cc5c4)ccc32)cc1. The largest absolute Gasteiger partial charge is 0.456 e. The lowest BCUT2D eigenvalue weighted by molar-refractivity contribution is 0.669. The predicted octanol–water partition coefficient (Wildman–Crippen LogP) is 28.5. The molecule has 0 N–H and O–H groups in total. The summed E-state index contributed by atoms with van der Waals surface area (Å²) < 4.78 is 22.2. The van der Waals surface area contributed by atoms with Crippen molar-refractivity contribution in [2.24, 2.45) is 0 Å². The van der Waals surface area contributed by atoms with E-state index in [1.54, 1.807) is 0 Å². The normalized spacial score (nSPS) is 12.0. The number of hydrogen-bond acceptors (Lipinski definition) is 2. The molecule has 512 valence electrons. The van der Waals surface area contributed by atoms with Gasteiger partial charge in [-0.15, -0.1) is 0 Å². The zero-order valence-corrected chi connectivity index (χ0v) is 59.6. The number of nitrogens with zero attached hydrogens (tertiary/aromatic N) is 4. The second kappa shape index (κ2) is 24.4. The van der Waals surface area contributed by atoms with Crippen molar-refractivity contribution < 1.29 is 8.83 Å². The topological polar surface area (TPSA) is 46.0 Å². The van der Waals surface area contributed by atoms with Crippen LogP contribution in [0.5, 0.6) is 0 Å². The van der Waals surface area contributed by atoms with E-state index >= 15 is 0 Å². The van der Waals surface area contributed by atoms with E-state index in [0.717, 1.165) is 71.9 Å². The van der Waals surface area contributed by atoms with Gasteiger partial charge in [0.05, 0.1) is 44.1 Å². The van der Waals surface area contributed by atoms with Crippen LogP contribution in [-0.4, -0.2) is 18.3 Å². The molecule has 0 saturated carbocycles. The second-order valence-corrected chi connectivity index (χ2v) is 29.1. The number of aromatic nitrogens is 4. The summed E-state index contributed by atoms with van der Waals surface area (Å²) in [4.78, 5) is 0. The standard InChI is InChI=1S/2C52H32N2O/c1-2-11-38(12-3-1)53-47-18-7-4-13-41(47)45-31-34(24-27-49(45)53)35-25-28-50-46(32-35)42-14-5-8-19-48(42)54(50)39-26-23-33-21-22-36(29-37(33)30-39)40-16-10-17-44-43-15-6-9-20-51(43)55-52(40)44;1-2-10-39(11-3-1)53-47-15-7-4-12-41(47)45-30-35(22-26-49(45)53)36-23-27-50-46(31-36)42-13-5-8-16-48(42)54(50)40-24-20-33-18-19-34(28-38(33)29-40)37-21-25-44-43-14-6-9-17-51(43)55-52(44)32-37/h2*1-32H. The smallest absolute Gasteiger partial charge is 0.143 e. The number of hydrogen-bond donors (Lipinski definition) is 0. The zero-order valence-electron chi connectivity index (χ0n) is 59.6. The summed E-state index contributed by atoms with van der Waals surface area (Å²) >= 11 is 0. The zero-order chi connectivity index (χ0) is 72.1. The fraction of sp³-hybridized carbons (Fsp3) is 0. The Morgan fingerprint density at radius 1 is 0.155 bits per heavy atom. The highest BCUT2D eigenvalue weighted by Gasteiger charge is 2.21.